The van der Waals surface area contributed by atoms with E-state index in [9.17, 15) is 4.79 Å². The molecule has 0 spiro atoms. The summed E-state index contributed by atoms with van der Waals surface area (Å²) in [6.07, 6.45) is 8.61. The molecule has 1 aliphatic carbocycles. The van der Waals surface area contributed by atoms with Crippen LogP contribution in [0.2, 0.25) is 0 Å². The van der Waals surface area contributed by atoms with Crippen molar-refractivity contribution >= 4 is 5.91 Å². The Morgan fingerprint density at radius 2 is 1.76 bits per heavy atom. The average Bonchev–Trinajstić information content (AvgIpc) is 2.77. The summed E-state index contributed by atoms with van der Waals surface area (Å²) in [7, 11) is 1.69. The monoisotopic (exact) mass is 298 g/mol. The molecule has 0 unspecified atom stereocenters. The van der Waals surface area contributed by atoms with Crippen molar-refractivity contribution in [3.05, 3.63) is 0 Å². The fourth-order valence-corrected chi connectivity index (χ4v) is 3.58. The molecule has 0 bridgehead atoms. The second-order valence-electron chi connectivity index (χ2n) is 6.36. The normalized spacial score (nSPS) is 18.5. The summed E-state index contributed by atoms with van der Waals surface area (Å²) in [6.45, 7) is 6.08. The second kappa shape index (κ2) is 9.42. The maximum Gasteiger partial charge on any atom is 0.230 e. The molecular weight excluding hydrogens is 264 g/mol. The van der Waals surface area contributed by atoms with Crippen LogP contribution in [-0.2, 0) is 9.53 Å². The number of carbonyl (C=O) groups excluding carboxylic acids is 1. The average molecular weight is 298 g/mol. The molecule has 0 aromatic heterocycles. The molecule has 1 rings (SSSR count). The van der Waals surface area contributed by atoms with E-state index in [4.69, 9.17) is 10.5 Å². The smallest absolute Gasteiger partial charge is 0.230 e. The van der Waals surface area contributed by atoms with Gasteiger partial charge in [0, 0.05) is 26.2 Å². The van der Waals surface area contributed by atoms with E-state index in [1.807, 2.05) is 0 Å². The third kappa shape index (κ3) is 4.68. The van der Waals surface area contributed by atoms with Crippen molar-refractivity contribution < 1.29 is 9.53 Å². The number of rotatable bonds is 8. The Morgan fingerprint density at radius 1 is 1.19 bits per heavy atom. The highest BCUT2D eigenvalue weighted by atomic mass is 16.5. The Kier molecular flexibility index (Phi) is 8.27. The Labute approximate surface area is 130 Å². The molecule has 1 amide bonds. The summed E-state index contributed by atoms with van der Waals surface area (Å²) in [6, 6.07) is 0.305. The van der Waals surface area contributed by atoms with E-state index in [2.05, 4.69) is 18.7 Å². The molecule has 2 N–H and O–H groups in total. The van der Waals surface area contributed by atoms with Gasteiger partial charge in [0.15, 0.2) is 0 Å². The molecule has 0 atom stereocenters. The lowest BCUT2D eigenvalue weighted by Gasteiger charge is -2.39. The molecule has 1 aliphatic rings. The first kappa shape index (κ1) is 18.4. The van der Waals surface area contributed by atoms with Crippen molar-refractivity contribution in [1.82, 2.24) is 4.90 Å². The third-order valence-corrected chi connectivity index (χ3v) is 5.09. The van der Waals surface area contributed by atoms with Crippen molar-refractivity contribution in [2.24, 2.45) is 11.1 Å². The highest BCUT2D eigenvalue weighted by Crippen LogP contribution is 2.36. The molecular formula is C17H34N2O2. The summed E-state index contributed by atoms with van der Waals surface area (Å²) < 4.78 is 5.22. The molecule has 21 heavy (non-hydrogen) atoms. The Balaban J connectivity index is 2.93. The Hall–Kier alpha value is -0.610. The van der Waals surface area contributed by atoms with Crippen molar-refractivity contribution in [2.75, 3.05) is 26.8 Å². The van der Waals surface area contributed by atoms with Gasteiger partial charge in [0.05, 0.1) is 12.0 Å². The summed E-state index contributed by atoms with van der Waals surface area (Å²) in [4.78, 5) is 15.3. The summed E-state index contributed by atoms with van der Waals surface area (Å²) >= 11 is 0. The first-order chi connectivity index (χ1) is 10.1. The van der Waals surface area contributed by atoms with Gasteiger partial charge in [-0.15, -0.1) is 0 Å². The topological polar surface area (TPSA) is 55.6 Å². The number of nitrogens with zero attached hydrogens (tertiary/aromatic N) is 1. The maximum absolute atomic E-state index is 13.3. The SMILES string of the molecule is CCC(CC)N(CCOC)C(=O)C1(CN)CCCCCC1. The van der Waals surface area contributed by atoms with E-state index in [0.29, 0.717) is 25.7 Å². The van der Waals surface area contributed by atoms with E-state index in [-0.39, 0.29) is 11.3 Å². The summed E-state index contributed by atoms with van der Waals surface area (Å²) in [5.74, 6) is 0.276. The van der Waals surface area contributed by atoms with Gasteiger partial charge in [-0.05, 0) is 25.7 Å². The second-order valence-corrected chi connectivity index (χ2v) is 6.36. The first-order valence-corrected chi connectivity index (χ1v) is 8.65. The van der Waals surface area contributed by atoms with Crippen LogP contribution < -0.4 is 5.73 Å². The zero-order valence-electron chi connectivity index (χ0n) is 14.2. The Morgan fingerprint density at radius 3 is 2.19 bits per heavy atom. The summed E-state index contributed by atoms with van der Waals surface area (Å²) in [5.41, 5.74) is 5.75. The lowest BCUT2D eigenvalue weighted by molar-refractivity contribution is -0.146. The van der Waals surface area contributed by atoms with Gasteiger partial charge >= 0.3 is 0 Å². The van der Waals surface area contributed by atoms with Crippen LogP contribution in [0.15, 0.2) is 0 Å². The molecule has 0 aliphatic heterocycles. The van der Waals surface area contributed by atoms with Crippen LogP contribution in [0, 0.1) is 5.41 Å². The van der Waals surface area contributed by atoms with Crippen LogP contribution in [-0.4, -0.2) is 43.7 Å². The van der Waals surface area contributed by atoms with Gasteiger partial charge in [-0.3, -0.25) is 4.79 Å². The summed E-state index contributed by atoms with van der Waals surface area (Å²) in [5, 5.41) is 0. The van der Waals surface area contributed by atoms with E-state index >= 15 is 0 Å². The van der Waals surface area contributed by atoms with Crippen LogP contribution >= 0.6 is 0 Å². The minimum absolute atomic E-state index is 0.276. The molecule has 0 radical (unpaired) electrons. The number of carbonyl (C=O) groups is 1. The van der Waals surface area contributed by atoms with Crippen LogP contribution in [0.1, 0.15) is 65.2 Å². The van der Waals surface area contributed by atoms with Crippen LogP contribution in [0.4, 0.5) is 0 Å². The zero-order valence-corrected chi connectivity index (χ0v) is 14.2. The molecule has 0 heterocycles. The molecule has 0 aromatic rings. The zero-order chi connectivity index (χ0) is 15.7. The van der Waals surface area contributed by atoms with Gasteiger partial charge in [-0.25, -0.2) is 0 Å². The van der Waals surface area contributed by atoms with E-state index in [1.165, 1.54) is 12.8 Å². The van der Waals surface area contributed by atoms with Gasteiger partial charge in [0.2, 0.25) is 5.91 Å². The largest absolute Gasteiger partial charge is 0.383 e. The quantitative estimate of drug-likeness (QED) is 0.701. The van der Waals surface area contributed by atoms with E-state index in [1.54, 1.807) is 7.11 Å². The fraction of sp³-hybridized carbons (Fsp3) is 0.941. The fourth-order valence-electron chi connectivity index (χ4n) is 3.58. The standard InChI is InChI=1S/C17H34N2O2/c1-4-15(5-2)19(12-13-21-3)16(20)17(14-18)10-8-6-7-9-11-17/h15H,4-14,18H2,1-3H3. The van der Waals surface area contributed by atoms with Crippen molar-refractivity contribution in [2.45, 2.75) is 71.3 Å². The van der Waals surface area contributed by atoms with Crippen molar-refractivity contribution in [1.29, 1.82) is 0 Å². The molecule has 1 fully saturated rings. The number of hydrogen-bond donors (Lipinski definition) is 1. The molecule has 4 heteroatoms. The number of methoxy groups -OCH3 is 1. The van der Waals surface area contributed by atoms with Crippen molar-refractivity contribution in [3.63, 3.8) is 0 Å². The highest BCUT2D eigenvalue weighted by molar-refractivity contribution is 5.83. The number of ether oxygens (including phenoxy) is 1. The van der Waals surface area contributed by atoms with Gasteiger partial charge in [-0.2, -0.15) is 0 Å². The van der Waals surface area contributed by atoms with Gasteiger partial charge in [-0.1, -0.05) is 39.5 Å². The van der Waals surface area contributed by atoms with Crippen molar-refractivity contribution in [3.8, 4) is 0 Å². The minimum Gasteiger partial charge on any atom is -0.383 e. The number of amides is 1. The number of nitrogens with two attached hydrogens (primary N) is 1. The first-order valence-electron chi connectivity index (χ1n) is 8.65. The van der Waals surface area contributed by atoms with Crippen LogP contribution in [0.3, 0.4) is 0 Å². The minimum atomic E-state index is -0.327. The Bertz CT molecular complexity index is 295. The van der Waals surface area contributed by atoms with Gasteiger partial charge < -0.3 is 15.4 Å². The van der Waals surface area contributed by atoms with E-state index in [0.717, 1.165) is 38.5 Å². The molecule has 4 nitrogen and oxygen atoms in total. The van der Waals surface area contributed by atoms with Crippen LogP contribution in [0.5, 0.6) is 0 Å². The highest BCUT2D eigenvalue weighted by Gasteiger charge is 2.41. The van der Waals surface area contributed by atoms with Gasteiger partial charge in [0.25, 0.3) is 0 Å². The maximum atomic E-state index is 13.3. The predicted octanol–water partition coefficient (Wildman–Crippen LogP) is 2.95. The third-order valence-electron chi connectivity index (χ3n) is 5.09. The van der Waals surface area contributed by atoms with E-state index < -0.39 is 0 Å². The van der Waals surface area contributed by atoms with Crippen LogP contribution in [0.25, 0.3) is 0 Å². The lowest BCUT2D eigenvalue weighted by Crippen LogP contribution is -2.52. The molecule has 1 saturated carbocycles. The van der Waals surface area contributed by atoms with Gasteiger partial charge in [0.1, 0.15) is 0 Å². The predicted molar refractivity (Wildman–Crippen MR) is 87.1 cm³/mol. The molecule has 0 saturated heterocycles. The molecule has 0 aromatic carbocycles. The number of hydrogen-bond acceptors (Lipinski definition) is 3. The lowest BCUT2D eigenvalue weighted by atomic mass is 9.78. The molecule has 124 valence electrons.